The Morgan fingerprint density at radius 1 is 1.44 bits per heavy atom. The van der Waals surface area contributed by atoms with Gasteiger partial charge in [-0.05, 0) is 25.8 Å². The second-order valence-electron chi connectivity index (χ2n) is 3.96. The molecule has 0 aromatic carbocycles. The summed E-state index contributed by atoms with van der Waals surface area (Å²) in [5.41, 5.74) is 0. The number of thiophene rings is 1. The van der Waals surface area contributed by atoms with Gasteiger partial charge in [-0.1, -0.05) is 13.8 Å². The van der Waals surface area contributed by atoms with Gasteiger partial charge in [0, 0.05) is 21.6 Å². The third-order valence-corrected chi connectivity index (χ3v) is 5.31. The van der Waals surface area contributed by atoms with Crippen molar-refractivity contribution in [1.82, 2.24) is 5.32 Å². The van der Waals surface area contributed by atoms with E-state index in [0.717, 1.165) is 24.2 Å². The molecule has 0 radical (unpaired) electrons. The van der Waals surface area contributed by atoms with Crippen molar-refractivity contribution in [2.24, 2.45) is 0 Å². The zero-order chi connectivity index (χ0) is 13.9. The minimum Gasteiger partial charge on any atom is -0.349 e. The van der Waals surface area contributed by atoms with Crippen LogP contribution in [-0.2, 0) is 9.05 Å². The molecule has 102 valence electrons. The van der Waals surface area contributed by atoms with E-state index >= 15 is 0 Å². The molecule has 1 aromatic rings. The summed E-state index contributed by atoms with van der Waals surface area (Å²) in [5, 5.41) is 2.86. The minimum atomic E-state index is -3.78. The van der Waals surface area contributed by atoms with Crippen molar-refractivity contribution in [3.05, 3.63) is 15.8 Å². The van der Waals surface area contributed by atoms with Gasteiger partial charge in [-0.2, -0.15) is 0 Å². The molecule has 18 heavy (non-hydrogen) atoms. The van der Waals surface area contributed by atoms with Crippen molar-refractivity contribution in [2.45, 2.75) is 44.6 Å². The van der Waals surface area contributed by atoms with Gasteiger partial charge in [0.2, 0.25) is 0 Å². The van der Waals surface area contributed by atoms with E-state index in [4.69, 9.17) is 10.7 Å². The average molecular weight is 310 g/mol. The topological polar surface area (TPSA) is 63.2 Å². The van der Waals surface area contributed by atoms with Gasteiger partial charge in [0.05, 0.1) is 9.77 Å². The van der Waals surface area contributed by atoms with Crippen LogP contribution in [0.25, 0.3) is 0 Å². The van der Waals surface area contributed by atoms with Gasteiger partial charge < -0.3 is 5.32 Å². The average Bonchev–Trinajstić information content (AvgIpc) is 2.67. The van der Waals surface area contributed by atoms with Gasteiger partial charge in [0.15, 0.2) is 0 Å². The lowest BCUT2D eigenvalue weighted by molar-refractivity contribution is 0.0939. The lowest BCUT2D eigenvalue weighted by Gasteiger charge is -2.13. The van der Waals surface area contributed by atoms with Gasteiger partial charge in [0.25, 0.3) is 15.0 Å². The molecule has 0 spiro atoms. The molecule has 1 aromatic heterocycles. The molecule has 0 saturated heterocycles. The van der Waals surface area contributed by atoms with Crippen LogP contribution in [0.15, 0.2) is 11.0 Å². The quantitative estimate of drug-likeness (QED) is 0.851. The summed E-state index contributed by atoms with van der Waals surface area (Å²) in [5.74, 6) is -0.247. The van der Waals surface area contributed by atoms with E-state index in [0.29, 0.717) is 9.75 Å². The normalized spacial score (nSPS) is 11.8. The third-order valence-electron chi connectivity index (χ3n) is 2.68. The maximum Gasteiger partial charge on any atom is 0.262 e. The molecule has 0 atom stereocenters. The van der Waals surface area contributed by atoms with Crippen LogP contribution in [-0.4, -0.2) is 20.4 Å². The zero-order valence-electron chi connectivity index (χ0n) is 10.5. The monoisotopic (exact) mass is 309 g/mol. The Hall–Kier alpha value is -0.590. The largest absolute Gasteiger partial charge is 0.349 e. The standard InChI is InChI=1S/C11H16ClNO3S2/c1-4-8(5-2)13-11(14)9-6-10(7(3)17-9)18(12,15)16/h6,8H,4-5H2,1-3H3,(H,13,14). The fourth-order valence-electron chi connectivity index (χ4n) is 1.57. The van der Waals surface area contributed by atoms with Crippen molar-refractivity contribution in [3.8, 4) is 0 Å². The summed E-state index contributed by atoms with van der Waals surface area (Å²) < 4.78 is 22.5. The molecular formula is C11H16ClNO3S2. The van der Waals surface area contributed by atoms with Crippen LogP contribution in [0.4, 0.5) is 0 Å². The number of nitrogens with one attached hydrogen (secondary N) is 1. The lowest BCUT2D eigenvalue weighted by Crippen LogP contribution is -2.33. The molecule has 0 saturated carbocycles. The van der Waals surface area contributed by atoms with Crippen LogP contribution < -0.4 is 5.32 Å². The van der Waals surface area contributed by atoms with Crippen molar-refractivity contribution >= 4 is 37.0 Å². The predicted octanol–water partition coefficient (Wildman–Crippen LogP) is 2.90. The molecule has 0 bridgehead atoms. The highest BCUT2D eigenvalue weighted by Gasteiger charge is 2.21. The first-order valence-corrected chi connectivity index (χ1v) is 8.78. The summed E-state index contributed by atoms with van der Waals surface area (Å²) in [7, 11) is 1.51. The predicted molar refractivity (Wildman–Crippen MR) is 73.9 cm³/mol. The Balaban J connectivity index is 2.95. The Kier molecular flexibility index (Phi) is 5.19. The van der Waals surface area contributed by atoms with Gasteiger partial charge in [-0.15, -0.1) is 11.3 Å². The Morgan fingerprint density at radius 2 is 2.00 bits per heavy atom. The van der Waals surface area contributed by atoms with Gasteiger partial charge in [0.1, 0.15) is 0 Å². The van der Waals surface area contributed by atoms with Crippen molar-refractivity contribution in [3.63, 3.8) is 0 Å². The first kappa shape index (κ1) is 15.5. The fourth-order valence-corrected chi connectivity index (χ4v) is 4.14. The molecule has 1 amide bonds. The molecular weight excluding hydrogens is 294 g/mol. The fraction of sp³-hybridized carbons (Fsp3) is 0.545. The highest BCUT2D eigenvalue weighted by atomic mass is 35.7. The highest BCUT2D eigenvalue weighted by Crippen LogP contribution is 2.28. The number of carbonyl (C=O) groups is 1. The summed E-state index contributed by atoms with van der Waals surface area (Å²) in [6, 6.07) is 1.44. The van der Waals surface area contributed by atoms with Crippen LogP contribution in [0.3, 0.4) is 0 Å². The van der Waals surface area contributed by atoms with E-state index < -0.39 is 9.05 Å². The van der Waals surface area contributed by atoms with E-state index in [-0.39, 0.29) is 16.8 Å². The molecule has 1 heterocycles. The van der Waals surface area contributed by atoms with Gasteiger partial charge >= 0.3 is 0 Å². The summed E-state index contributed by atoms with van der Waals surface area (Å²) in [4.78, 5) is 12.8. The van der Waals surface area contributed by atoms with Crippen molar-refractivity contribution in [1.29, 1.82) is 0 Å². The molecule has 0 unspecified atom stereocenters. The number of rotatable bonds is 5. The van der Waals surface area contributed by atoms with Crippen molar-refractivity contribution in [2.75, 3.05) is 0 Å². The number of hydrogen-bond acceptors (Lipinski definition) is 4. The second kappa shape index (κ2) is 6.04. The SMILES string of the molecule is CCC(CC)NC(=O)c1cc(S(=O)(=O)Cl)c(C)s1. The van der Waals surface area contributed by atoms with Crippen LogP contribution >= 0.6 is 22.0 Å². The number of amides is 1. The van der Waals surface area contributed by atoms with E-state index in [2.05, 4.69) is 5.32 Å². The molecule has 0 aliphatic heterocycles. The molecule has 0 aliphatic rings. The molecule has 1 rings (SSSR count). The molecule has 7 heteroatoms. The number of aryl methyl sites for hydroxylation is 1. The number of hydrogen-bond donors (Lipinski definition) is 1. The highest BCUT2D eigenvalue weighted by molar-refractivity contribution is 8.13. The van der Waals surface area contributed by atoms with E-state index in [9.17, 15) is 13.2 Å². The maximum atomic E-state index is 11.9. The maximum absolute atomic E-state index is 11.9. The van der Waals surface area contributed by atoms with E-state index in [1.165, 1.54) is 6.07 Å². The summed E-state index contributed by atoms with van der Waals surface area (Å²) in [6.45, 7) is 5.61. The molecule has 4 nitrogen and oxygen atoms in total. The number of carbonyl (C=O) groups excluding carboxylic acids is 1. The van der Waals surface area contributed by atoms with E-state index in [1.54, 1.807) is 6.92 Å². The Labute approximate surface area is 116 Å². The first-order chi connectivity index (χ1) is 8.29. The van der Waals surface area contributed by atoms with E-state index in [1.807, 2.05) is 13.8 Å². The van der Waals surface area contributed by atoms with Crippen LogP contribution in [0.2, 0.25) is 0 Å². The first-order valence-electron chi connectivity index (χ1n) is 5.65. The van der Waals surface area contributed by atoms with Crippen LogP contribution in [0.1, 0.15) is 41.2 Å². The molecule has 1 N–H and O–H groups in total. The third kappa shape index (κ3) is 3.70. The second-order valence-corrected chi connectivity index (χ2v) is 7.75. The van der Waals surface area contributed by atoms with Crippen LogP contribution in [0, 0.1) is 6.92 Å². The lowest BCUT2D eigenvalue weighted by atomic mass is 10.2. The number of halogens is 1. The summed E-state index contributed by atoms with van der Waals surface area (Å²) >= 11 is 1.14. The molecule has 0 fully saturated rings. The minimum absolute atomic E-state index is 0.0175. The summed E-state index contributed by atoms with van der Waals surface area (Å²) in [6.07, 6.45) is 1.68. The Bertz CT molecular complexity index is 532. The Morgan fingerprint density at radius 3 is 2.39 bits per heavy atom. The smallest absolute Gasteiger partial charge is 0.262 e. The molecule has 0 aliphatic carbocycles. The zero-order valence-corrected chi connectivity index (χ0v) is 12.9. The van der Waals surface area contributed by atoms with Gasteiger partial charge in [-0.25, -0.2) is 8.42 Å². The van der Waals surface area contributed by atoms with Gasteiger partial charge in [-0.3, -0.25) is 4.79 Å². The van der Waals surface area contributed by atoms with Crippen molar-refractivity contribution < 1.29 is 13.2 Å². The van der Waals surface area contributed by atoms with Crippen LogP contribution in [0.5, 0.6) is 0 Å².